The van der Waals surface area contributed by atoms with Crippen LogP contribution in [0.5, 0.6) is 0 Å². The zero-order valence-electron chi connectivity index (χ0n) is 22.6. The van der Waals surface area contributed by atoms with E-state index in [9.17, 15) is 26.8 Å². The number of sulfonamides is 1. The third-order valence-electron chi connectivity index (χ3n) is 7.73. The Morgan fingerprint density at radius 1 is 0.951 bits per heavy atom. The first-order valence-electron chi connectivity index (χ1n) is 13.4. The Labute approximate surface area is 248 Å². The van der Waals surface area contributed by atoms with Gasteiger partial charge in [0.1, 0.15) is 22.8 Å². The van der Waals surface area contributed by atoms with Crippen molar-refractivity contribution in [3.8, 4) is 0 Å². The molecule has 3 aliphatic rings. The highest BCUT2D eigenvalue weighted by Crippen LogP contribution is 2.38. The molecule has 0 bridgehead atoms. The summed E-state index contributed by atoms with van der Waals surface area (Å²) in [7, 11) is -4.34. The highest BCUT2D eigenvalue weighted by atomic mass is 35.5. The van der Waals surface area contributed by atoms with Crippen LogP contribution >= 0.6 is 23.2 Å². The molecule has 0 N–H and O–H groups in total. The van der Waals surface area contributed by atoms with Gasteiger partial charge in [-0.15, -0.1) is 0 Å². The fourth-order valence-corrected chi connectivity index (χ4v) is 7.83. The van der Waals surface area contributed by atoms with Gasteiger partial charge >= 0.3 is 0 Å². The summed E-state index contributed by atoms with van der Waals surface area (Å²) >= 11 is 12.4. The van der Waals surface area contributed by atoms with Gasteiger partial charge in [0.15, 0.2) is 11.6 Å². The maximum Gasteiger partial charge on any atom is 0.267 e. The predicted octanol–water partition coefficient (Wildman–Crippen LogP) is 4.62. The number of likely N-dealkylation sites (tertiary alicyclic amines) is 1. The van der Waals surface area contributed by atoms with E-state index in [0.29, 0.717) is 13.1 Å². The number of benzene rings is 2. The van der Waals surface area contributed by atoms with E-state index in [1.54, 1.807) is 13.8 Å². The molecule has 5 rings (SSSR count). The topological polar surface area (TPSA) is 81.2 Å². The van der Waals surface area contributed by atoms with Gasteiger partial charge in [0.05, 0.1) is 11.6 Å². The maximum atomic E-state index is 14.2. The zero-order chi connectivity index (χ0) is 29.6. The summed E-state index contributed by atoms with van der Waals surface area (Å²) in [4.78, 5) is 32.4. The molecule has 3 aliphatic heterocycles. The van der Waals surface area contributed by atoms with E-state index in [1.807, 2.05) is 4.90 Å². The first-order chi connectivity index (χ1) is 19.4. The van der Waals surface area contributed by atoms with Crippen LogP contribution in [0.15, 0.2) is 53.3 Å². The average Bonchev–Trinajstić information content (AvgIpc) is 2.92. The SMILES string of the molecule is CC(C)N1C=C2N(C(=O)C(N3CCCCC3)CN2S(=O)(=O)c2ccc(Cl)cc2Cl)C(Cc2ccc(F)c(F)c2)C1=O. The van der Waals surface area contributed by atoms with E-state index in [2.05, 4.69) is 0 Å². The number of hydrogen-bond donors (Lipinski definition) is 0. The summed E-state index contributed by atoms with van der Waals surface area (Å²) in [5.74, 6) is -3.00. The molecule has 0 aromatic heterocycles. The minimum Gasteiger partial charge on any atom is -0.311 e. The highest BCUT2D eigenvalue weighted by molar-refractivity contribution is 7.89. The van der Waals surface area contributed by atoms with Crippen LogP contribution in [0.2, 0.25) is 10.0 Å². The van der Waals surface area contributed by atoms with Crippen molar-refractivity contribution < 1.29 is 26.8 Å². The van der Waals surface area contributed by atoms with Crippen molar-refractivity contribution in [2.75, 3.05) is 19.6 Å². The number of fused-ring (bicyclic) bond motifs is 1. The highest BCUT2D eigenvalue weighted by Gasteiger charge is 2.51. The normalized spacial score (nSPS) is 22.3. The molecule has 220 valence electrons. The lowest BCUT2D eigenvalue weighted by Gasteiger charge is -2.51. The number of piperidine rings is 1. The molecule has 2 atom stereocenters. The molecule has 8 nitrogen and oxygen atoms in total. The lowest BCUT2D eigenvalue weighted by molar-refractivity contribution is -0.153. The van der Waals surface area contributed by atoms with E-state index in [4.69, 9.17) is 23.2 Å². The Hall–Kier alpha value is -2.73. The van der Waals surface area contributed by atoms with Crippen molar-refractivity contribution in [1.29, 1.82) is 0 Å². The molecule has 2 amide bonds. The fourth-order valence-electron chi connectivity index (χ4n) is 5.63. The molecule has 3 heterocycles. The first kappa shape index (κ1) is 29.8. The Morgan fingerprint density at radius 3 is 2.29 bits per heavy atom. The van der Waals surface area contributed by atoms with Crippen molar-refractivity contribution in [1.82, 2.24) is 19.0 Å². The van der Waals surface area contributed by atoms with E-state index >= 15 is 0 Å². The lowest BCUT2D eigenvalue weighted by atomic mass is 9.97. The molecule has 2 aromatic carbocycles. The summed E-state index contributed by atoms with van der Waals surface area (Å²) in [6.07, 6.45) is 3.92. The molecule has 0 aliphatic carbocycles. The molecule has 0 radical (unpaired) electrons. The van der Waals surface area contributed by atoms with Crippen LogP contribution in [0.25, 0.3) is 0 Å². The zero-order valence-corrected chi connectivity index (χ0v) is 24.9. The molecular formula is C28H30Cl2F2N4O4S. The van der Waals surface area contributed by atoms with E-state index in [-0.39, 0.29) is 45.3 Å². The first-order valence-corrected chi connectivity index (χ1v) is 15.6. The Morgan fingerprint density at radius 2 is 1.66 bits per heavy atom. The van der Waals surface area contributed by atoms with Crippen LogP contribution in [0.4, 0.5) is 8.78 Å². The molecule has 13 heteroatoms. The monoisotopic (exact) mass is 626 g/mol. The van der Waals surface area contributed by atoms with Gasteiger partial charge in [-0.25, -0.2) is 21.5 Å². The number of nitrogens with zero attached hydrogens (tertiary/aromatic N) is 4. The fraction of sp³-hybridized carbons (Fsp3) is 0.429. The predicted molar refractivity (Wildman–Crippen MR) is 150 cm³/mol. The van der Waals surface area contributed by atoms with Crippen LogP contribution in [-0.2, 0) is 26.0 Å². The maximum absolute atomic E-state index is 14.2. The molecule has 2 unspecified atom stereocenters. The molecule has 0 spiro atoms. The van der Waals surface area contributed by atoms with Gasteiger partial charge in [-0.2, -0.15) is 0 Å². The Kier molecular flexibility index (Phi) is 8.35. The second kappa shape index (κ2) is 11.5. The van der Waals surface area contributed by atoms with Gasteiger partial charge in [-0.05, 0) is 75.7 Å². The summed E-state index contributed by atoms with van der Waals surface area (Å²) in [6, 6.07) is 4.91. The van der Waals surface area contributed by atoms with Crippen LogP contribution in [0, 0.1) is 11.6 Å². The number of carbonyl (C=O) groups excluding carboxylic acids is 2. The molecule has 0 saturated carbocycles. The summed E-state index contributed by atoms with van der Waals surface area (Å²) in [5, 5.41) is 0.178. The van der Waals surface area contributed by atoms with Crippen molar-refractivity contribution in [2.45, 2.75) is 62.6 Å². The van der Waals surface area contributed by atoms with Gasteiger partial charge in [0.25, 0.3) is 10.0 Å². The van der Waals surface area contributed by atoms with Gasteiger partial charge in [-0.3, -0.25) is 19.4 Å². The third kappa shape index (κ3) is 5.57. The van der Waals surface area contributed by atoms with Crippen molar-refractivity contribution in [3.05, 3.63) is 75.7 Å². The van der Waals surface area contributed by atoms with Gasteiger partial charge in [0, 0.05) is 23.7 Å². The molecule has 2 fully saturated rings. The summed E-state index contributed by atoms with van der Waals surface area (Å²) < 4.78 is 57.4. The largest absolute Gasteiger partial charge is 0.311 e. The number of carbonyl (C=O) groups is 2. The summed E-state index contributed by atoms with van der Waals surface area (Å²) in [5.41, 5.74) is 0.287. The van der Waals surface area contributed by atoms with Crippen LogP contribution < -0.4 is 0 Å². The number of hydrogen-bond acceptors (Lipinski definition) is 5. The Balaban J connectivity index is 1.66. The van der Waals surface area contributed by atoms with Crippen LogP contribution in [0.1, 0.15) is 38.7 Å². The van der Waals surface area contributed by atoms with Gasteiger partial charge < -0.3 is 4.90 Å². The van der Waals surface area contributed by atoms with Gasteiger partial charge in [-0.1, -0.05) is 35.7 Å². The van der Waals surface area contributed by atoms with Crippen molar-refractivity contribution in [2.24, 2.45) is 0 Å². The summed E-state index contributed by atoms with van der Waals surface area (Å²) in [6.45, 7) is 4.53. The minimum atomic E-state index is -4.34. The number of amides is 2. The van der Waals surface area contributed by atoms with E-state index < -0.39 is 45.6 Å². The second-order valence-corrected chi connectivity index (χ2v) is 13.4. The van der Waals surface area contributed by atoms with E-state index in [0.717, 1.165) is 35.7 Å². The average molecular weight is 628 g/mol. The van der Waals surface area contributed by atoms with Crippen LogP contribution in [0.3, 0.4) is 0 Å². The molecular weight excluding hydrogens is 597 g/mol. The standard InChI is InChI=1S/C28H30Cl2F2N4O4S/c1-17(2)34-16-26-35(41(39,40)25-9-7-19(29)14-20(25)30)15-24(33-10-4-3-5-11-33)28(38)36(26)23(27(34)37)13-18-6-8-21(31)22(32)12-18/h6-9,12,14,16-17,23-24H,3-5,10-11,13,15H2,1-2H3. The lowest BCUT2D eigenvalue weighted by Crippen LogP contribution is -2.68. The minimum absolute atomic E-state index is 0.00448. The molecule has 2 saturated heterocycles. The van der Waals surface area contributed by atoms with E-state index in [1.165, 1.54) is 40.3 Å². The van der Waals surface area contributed by atoms with Crippen molar-refractivity contribution >= 4 is 45.0 Å². The number of halogens is 4. The second-order valence-electron chi connectivity index (χ2n) is 10.7. The quantitative estimate of drug-likeness (QED) is 0.467. The molecule has 41 heavy (non-hydrogen) atoms. The smallest absolute Gasteiger partial charge is 0.267 e. The Bertz CT molecular complexity index is 1510. The number of rotatable bonds is 6. The van der Waals surface area contributed by atoms with Gasteiger partial charge in [0.2, 0.25) is 11.8 Å². The third-order valence-corrected chi connectivity index (χ3v) is 10.2. The molecule has 2 aromatic rings. The van der Waals surface area contributed by atoms with Crippen LogP contribution in [-0.4, -0.2) is 77.0 Å². The van der Waals surface area contributed by atoms with Crippen molar-refractivity contribution in [3.63, 3.8) is 0 Å².